The van der Waals surface area contributed by atoms with Crippen molar-refractivity contribution in [2.24, 2.45) is 7.05 Å². The predicted molar refractivity (Wildman–Crippen MR) is 128 cm³/mol. The Morgan fingerprint density at radius 2 is 1.55 bits per heavy atom. The molecule has 0 saturated carbocycles. The molecule has 0 fully saturated rings. The molecular weight excluding hydrogens is 429 g/mol. The van der Waals surface area contributed by atoms with E-state index in [4.69, 9.17) is 16.3 Å². The number of hydrogen-bond donors (Lipinski definition) is 0. The zero-order valence-corrected chi connectivity index (χ0v) is 19.3. The van der Waals surface area contributed by atoms with Gasteiger partial charge < -0.3 is 13.9 Å². The Balaban J connectivity index is 2.22. The van der Waals surface area contributed by atoms with E-state index in [1.54, 1.807) is 24.6 Å². The number of fused-ring (bicyclic) bond motifs is 1. The monoisotopic (exact) mass is 451 g/mol. The number of rotatable bonds is 5. The lowest BCUT2D eigenvalue weighted by atomic mass is 10.1. The topological polar surface area (TPSA) is 48.3 Å². The van der Waals surface area contributed by atoms with E-state index in [9.17, 15) is 4.79 Å². The maximum Gasteiger partial charge on any atom is 0.355 e. The van der Waals surface area contributed by atoms with E-state index in [2.05, 4.69) is 0 Å². The number of benzene rings is 3. The van der Waals surface area contributed by atoms with Crippen LogP contribution in [0.15, 0.2) is 72.8 Å². The summed E-state index contributed by atoms with van der Waals surface area (Å²) >= 11 is 6.43. The first-order valence-corrected chi connectivity index (χ1v) is 12.2. The van der Waals surface area contributed by atoms with E-state index in [1.165, 1.54) is 0 Å². The minimum atomic E-state index is -3.44. The second kappa shape index (κ2) is 8.37. The molecule has 4 rings (SSSR count). The molecule has 0 radical (unpaired) electrons. The van der Waals surface area contributed by atoms with Crippen LogP contribution < -0.4 is 15.9 Å². The fourth-order valence-corrected chi connectivity index (χ4v) is 7.51. The Labute approximate surface area is 186 Å². The van der Waals surface area contributed by atoms with E-state index in [0.717, 1.165) is 11.1 Å². The lowest BCUT2D eigenvalue weighted by Gasteiger charge is -2.21. The normalized spacial score (nSPS) is 11.6. The molecule has 3 aromatic carbocycles. The lowest BCUT2D eigenvalue weighted by Crippen LogP contribution is -2.29. The Hall–Kier alpha value is -2.81. The van der Waals surface area contributed by atoms with Crippen LogP contribution in [-0.2, 0) is 16.3 Å². The van der Waals surface area contributed by atoms with E-state index in [0.29, 0.717) is 32.0 Å². The number of esters is 1. The smallest absolute Gasteiger partial charge is 0.355 e. The standard InChI is InChI=1S/C25H23ClNO3P/c1-4-30-25(28)23-24(21-16-18(26)15-17(2)22(21)27(23)3)31(29,19-11-7-5-8-12-19)20-13-9-6-10-14-20/h5-16H,4H2,1-3H3. The van der Waals surface area contributed by atoms with Crippen LogP contribution in [0.25, 0.3) is 10.9 Å². The third-order valence-electron chi connectivity index (χ3n) is 5.44. The van der Waals surface area contributed by atoms with E-state index in [1.807, 2.05) is 73.7 Å². The zero-order valence-electron chi connectivity index (χ0n) is 17.6. The van der Waals surface area contributed by atoms with Crippen LogP contribution >= 0.6 is 18.7 Å². The minimum Gasteiger partial charge on any atom is -0.461 e. The molecule has 0 bridgehead atoms. The highest BCUT2D eigenvalue weighted by atomic mass is 35.5. The number of carbonyl (C=O) groups excluding carboxylic acids is 1. The molecule has 4 aromatic rings. The van der Waals surface area contributed by atoms with Gasteiger partial charge in [0.2, 0.25) is 0 Å². The number of nitrogens with zero attached hydrogens (tertiary/aromatic N) is 1. The van der Waals surface area contributed by atoms with Gasteiger partial charge in [0.1, 0.15) is 5.69 Å². The molecule has 0 aliphatic heterocycles. The molecule has 158 valence electrons. The van der Waals surface area contributed by atoms with Crippen molar-refractivity contribution in [3.05, 3.63) is 89.1 Å². The van der Waals surface area contributed by atoms with Gasteiger partial charge in [-0.15, -0.1) is 0 Å². The van der Waals surface area contributed by atoms with Gasteiger partial charge in [0.25, 0.3) is 0 Å². The number of aromatic nitrogens is 1. The average Bonchev–Trinajstić information content (AvgIpc) is 3.07. The van der Waals surface area contributed by atoms with Crippen molar-refractivity contribution >= 4 is 51.5 Å². The van der Waals surface area contributed by atoms with Gasteiger partial charge in [-0.05, 0) is 31.5 Å². The van der Waals surface area contributed by atoms with Crippen molar-refractivity contribution in [2.45, 2.75) is 13.8 Å². The third-order valence-corrected chi connectivity index (χ3v) is 8.79. The molecule has 0 spiro atoms. The molecule has 0 unspecified atom stereocenters. The summed E-state index contributed by atoms with van der Waals surface area (Å²) in [4.78, 5) is 13.2. The van der Waals surface area contributed by atoms with Crippen LogP contribution in [0.1, 0.15) is 23.0 Å². The van der Waals surface area contributed by atoms with E-state index in [-0.39, 0.29) is 6.61 Å². The van der Waals surface area contributed by atoms with Gasteiger partial charge >= 0.3 is 5.97 Å². The van der Waals surface area contributed by atoms with Crippen LogP contribution in [0.4, 0.5) is 0 Å². The Morgan fingerprint density at radius 3 is 2.06 bits per heavy atom. The van der Waals surface area contributed by atoms with Crippen LogP contribution in [0.3, 0.4) is 0 Å². The van der Waals surface area contributed by atoms with Crippen molar-refractivity contribution < 1.29 is 14.1 Å². The summed E-state index contributed by atoms with van der Waals surface area (Å²) in [5.41, 5.74) is 2.00. The fraction of sp³-hybridized carbons (Fsp3) is 0.160. The molecular formula is C25H23ClNO3P. The predicted octanol–water partition coefficient (Wildman–Crippen LogP) is 4.96. The summed E-state index contributed by atoms with van der Waals surface area (Å²) in [6, 6.07) is 22.2. The molecule has 0 atom stereocenters. The molecule has 4 nitrogen and oxygen atoms in total. The Morgan fingerprint density at radius 1 is 1.00 bits per heavy atom. The number of carbonyl (C=O) groups is 1. The Bertz CT molecular complexity index is 1270. The Kier molecular flexibility index (Phi) is 5.79. The summed E-state index contributed by atoms with van der Waals surface area (Å²) < 4.78 is 22.3. The molecule has 0 amide bonds. The summed E-state index contributed by atoms with van der Waals surface area (Å²) in [6.45, 7) is 3.92. The lowest BCUT2D eigenvalue weighted by molar-refractivity contribution is 0.0517. The molecule has 1 aromatic heterocycles. The minimum absolute atomic E-state index is 0.223. The van der Waals surface area contributed by atoms with Gasteiger partial charge in [-0.1, -0.05) is 72.3 Å². The molecule has 0 aliphatic carbocycles. The molecule has 6 heteroatoms. The fourth-order valence-electron chi connectivity index (χ4n) is 4.19. The van der Waals surface area contributed by atoms with Crippen LogP contribution in [0.5, 0.6) is 0 Å². The van der Waals surface area contributed by atoms with Crippen molar-refractivity contribution in [2.75, 3.05) is 6.61 Å². The van der Waals surface area contributed by atoms with Crippen molar-refractivity contribution in [1.82, 2.24) is 4.57 Å². The SMILES string of the molecule is CCOC(=O)c1c(P(=O)(c2ccccc2)c2ccccc2)c2cc(Cl)cc(C)c2n1C. The summed E-state index contributed by atoms with van der Waals surface area (Å²) in [7, 11) is -1.63. The maximum absolute atomic E-state index is 15.1. The van der Waals surface area contributed by atoms with Gasteiger partial charge in [-0.2, -0.15) is 0 Å². The molecule has 0 N–H and O–H groups in total. The van der Waals surface area contributed by atoms with Gasteiger partial charge in [-0.25, -0.2) is 4.79 Å². The second-order valence-corrected chi connectivity index (χ2v) is 10.5. The average molecular weight is 452 g/mol. The van der Waals surface area contributed by atoms with Gasteiger partial charge in [-0.3, -0.25) is 0 Å². The van der Waals surface area contributed by atoms with Crippen LogP contribution in [0.2, 0.25) is 5.02 Å². The van der Waals surface area contributed by atoms with Crippen LogP contribution in [-0.4, -0.2) is 17.1 Å². The van der Waals surface area contributed by atoms with Gasteiger partial charge in [0, 0.05) is 28.1 Å². The van der Waals surface area contributed by atoms with E-state index >= 15 is 4.57 Å². The first-order valence-electron chi connectivity index (χ1n) is 10.1. The highest BCUT2D eigenvalue weighted by molar-refractivity contribution is 7.85. The summed E-state index contributed by atoms with van der Waals surface area (Å²) in [6.07, 6.45) is 0. The highest BCUT2D eigenvalue weighted by Gasteiger charge is 2.39. The largest absolute Gasteiger partial charge is 0.461 e. The van der Waals surface area contributed by atoms with Gasteiger partial charge in [0.15, 0.2) is 7.14 Å². The first kappa shape index (κ1) is 21.4. The second-order valence-electron chi connectivity index (χ2n) is 7.38. The van der Waals surface area contributed by atoms with Crippen molar-refractivity contribution in [3.63, 3.8) is 0 Å². The highest BCUT2D eigenvalue weighted by Crippen LogP contribution is 2.47. The maximum atomic E-state index is 15.1. The first-order chi connectivity index (χ1) is 14.9. The third kappa shape index (κ3) is 3.50. The van der Waals surface area contributed by atoms with Crippen molar-refractivity contribution in [3.8, 4) is 0 Å². The van der Waals surface area contributed by atoms with Crippen LogP contribution in [0, 0.1) is 6.92 Å². The van der Waals surface area contributed by atoms with E-state index < -0.39 is 13.1 Å². The number of ether oxygens (including phenoxy) is 1. The molecule has 0 saturated heterocycles. The number of hydrogen-bond acceptors (Lipinski definition) is 3. The van der Waals surface area contributed by atoms with Crippen molar-refractivity contribution in [1.29, 1.82) is 0 Å². The quantitative estimate of drug-likeness (QED) is 0.318. The van der Waals surface area contributed by atoms with Gasteiger partial charge in [0.05, 0.1) is 17.4 Å². The molecule has 1 heterocycles. The summed E-state index contributed by atoms with van der Waals surface area (Å²) in [5, 5.41) is 2.99. The summed E-state index contributed by atoms with van der Waals surface area (Å²) in [5.74, 6) is -0.501. The number of aryl methyl sites for hydroxylation is 2. The molecule has 0 aliphatic rings. The zero-order chi connectivity index (χ0) is 22.2. The number of halogens is 1. The molecule has 31 heavy (non-hydrogen) atoms.